The zero-order valence-corrected chi connectivity index (χ0v) is 6.10. The molecule has 0 rings (SSSR count). The molecule has 0 radical (unpaired) electrons. The van der Waals surface area contributed by atoms with E-state index in [2.05, 4.69) is 5.92 Å². The van der Waals surface area contributed by atoms with E-state index in [4.69, 9.17) is 12.2 Å². The van der Waals surface area contributed by atoms with Crippen molar-refractivity contribution in [2.24, 2.45) is 5.73 Å². The third-order valence-corrected chi connectivity index (χ3v) is 1.20. The normalized spacial score (nSPS) is 8.80. The smallest absolute Gasteiger partial charge is 0.134 e. The van der Waals surface area contributed by atoms with Crippen molar-refractivity contribution < 1.29 is 4.79 Å². The molecular weight excluding hydrogens is 126 g/mol. The minimum atomic E-state index is 0.220. The molecule has 2 nitrogen and oxygen atoms in total. The second-order valence-electron chi connectivity index (χ2n) is 2.14. The maximum atomic E-state index is 10.8. The van der Waals surface area contributed by atoms with Gasteiger partial charge in [0.2, 0.25) is 0 Å². The molecule has 0 aliphatic heterocycles. The van der Waals surface area contributed by atoms with E-state index in [0.717, 1.165) is 6.42 Å². The molecule has 10 heavy (non-hydrogen) atoms. The maximum absolute atomic E-state index is 10.8. The summed E-state index contributed by atoms with van der Waals surface area (Å²) in [4.78, 5) is 10.8. The van der Waals surface area contributed by atoms with Crippen LogP contribution in [0.2, 0.25) is 0 Å². The van der Waals surface area contributed by atoms with E-state index in [1.54, 1.807) is 0 Å². The molecule has 0 aromatic rings. The zero-order valence-electron chi connectivity index (χ0n) is 6.10. The zero-order chi connectivity index (χ0) is 7.82. The highest BCUT2D eigenvalue weighted by Gasteiger charge is 1.97. The summed E-state index contributed by atoms with van der Waals surface area (Å²) < 4.78 is 0. The Kier molecular flexibility index (Phi) is 5.80. The summed E-state index contributed by atoms with van der Waals surface area (Å²) in [5.74, 6) is 2.70. The molecule has 2 heteroatoms. The molecule has 56 valence electrons. The number of carbonyl (C=O) groups excluding carboxylic acids is 1. The average Bonchev–Trinajstić information content (AvgIpc) is 1.89. The van der Waals surface area contributed by atoms with Crippen LogP contribution in [0.15, 0.2) is 0 Å². The predicted molar refractivity (Wildman–Crippen MR) is 41.4 cm³/mol. The lowest BCUT2D eigenvalue weighted by Gasteiger charge is -1.94. The van der Waals surface area contributed by atoms with E-state index in [-0.39, 0.29) is 5.78 Å². The van der Waals surface area contributed by atoms with Gasteiger partial charge in [0, 0.05) is 19.3 Å². The topological polar surface area (TPSA) is 43.1 Å². The lowest BCUT2D eigenvalue weighted by atomic mass is 10.1. The van der Waals surface area contributed by atoms with Crippen molar-refractivity contribution in [3.63, 3.8) is 0 Å². The first-order valence-electron chi connectivity index (χ1n) is 3.46. The number of terminal acetylenes is 1. The molecule has 0 aliphatic rings. The molecule has 0 aliphatic carbocycles. The van der Waals surface area contributed by atoms with Crippen LogP contribution in [0, 0.1) is 12.3 Å². The lowest BCUT2D eigenvalue weighted by Crippen LogP contribution is -2.07. The van der Waals surface area contributed by atoms with E-state index in [0.29, 0.717) is 25.8 Å². The van der Waals surface area contributed by atoms with Crippen LogP contribution in [-0.4, -0.2) is 12.3 Å². The fourth-order valence-corrected chi connectivity index (χ4v) is 0.674. The average molecular weight is 139 g/mol. The molecule has 0 aromatic carbocycles. The highest BCUT2D eigenvalue weighted by molar-refractivity contribution is 5.78. The summed E-state index contributed by atoms with van der Waals surface area (Å²) in [6.07, 6.45) is 7.57. The summed E-state index contributed by atoms with van der Waals surface area (Å²) in [6.45, 7) is 0.453. The molecule has 0 atom stereocenters. The van der Waals surface area contributed by atoms with Gasteiger partial charge in [0.15, 0.2) is 0 Å². The molecule has 0 saturated heterocycles. The van der Waals surface area contributed by atoms with Gasteiger partial charge in [0.05, 0.1) is 0 Å². The number of rotatable bonds is 5. The molecule has 0 amide bonds. The minimum Gasteiger partial charge on any atom is -0.330 e. The van der Waals surface area contributed by atoms with Crippen LogP contribution in [0.3, 0.4) is 0 Å². The third kappa shape index (κ3) is 5.33. The molecule has 0 unspecified atom stereocenters. The van der Waals surface area contributed by atoms with Crippen molar-refractivity contribution in [3.05, 3.63) is 0 Å². The predicted octanol–water partition coefficient (Wildman–Crippen LogP) is 0.708. The van der Waals surface area contributed by atoms with Crippen LogP contribution >= 0.6 is 0 Å². The lowest BCUT2D eigenvalue weighted by molar-refractivity contribution is -0.118. The number of ketones is 1. The number of nitrogens with two attached hydrogens (primary N) is 1. The quantitative estimate of drug-likeness (QED) is 0.450. The summed E-state index contributed by atoms with van der Waals surface area (Å²) in [7, 11) is 0. The second kappa shape index (κ2) is 6.31. The Hall–Kier alpha value is -0.810. The number of hydrogen-bond acceptors (Lipinski definition) is 2. The van der Waals surface area contributed by atoms with Crippen LogP contribution in [0.25, 0.3) is 0 Å². The Labute approximate surface area is 61.8 Å². The Morgan fingerprint density at radius 1 is 1.50 bits per heavy atom. The van der Waals surface area contributed by atoms with Crippen molar-refractivity contribution in [2.45, 2.75) is 25.7 Å². The van der Waals surface area contributed by atoms with Crippen LogP contribution in [0.4, 0.5) is 0 Å². The van der Waals surface area contributed by atoms with Gasteiger partial charge in [0.25, 0.3) is 0 Å². The number of carbonyl (C=O) groups is 1. The van der Waals surface area contributed by atoms with Crippen LogP contribution in [0.1, 0.15) is 25.7 Å². The molecule has 0 bridgehead atoms. The van der Waals surface area contributed by atoms with Crippen molar-refractivity contribution in [1.82, 2.24) is 0 Å². The maximum Gasteiger partial charge on any atom is 0.134 e. The van der Waals surface area contributed by atoms with Gasteiger partial charge >= 0.3 is 0 Å². The van der Waals surface area contributed by atoms with E-state index in [9.17, 15) is 4.79 Å². The highest BCUT2D eigenvalue weighted by atomic mass is 16.1. The first-order valence-corrected chi connectivity index (χ1v) is 3.46. The number of Topliss-reactive ketones (excluding diaryl/α,β-unsaturated/α-hetero) is 1. The van der Waals surface area contributed by atoms with Crippen LogP contribution in [0.5, 0.6) is 0 Å². The first-order chi connectivity index (χ1) is 4.81. The Morgan fingerprint density at radius 3 is 2.70 bits per heavy atom. The van der Waals surface area contributed by atoms with Crippen molar-refractivity contribution in [1.29, 1.82) is 0 Å². The van der Waals surface area contributed by atoms with Gasteiger partial charge in [-0.1, -0.05) is 0 Å². The van der Waals surface area contributed by atoms with Gasteiger partial charge < -0.3 is 5.73 Å². The molecule has 0 saturated carbocycles. The van der Waals surface area contributed by atoms with Crippen LogP contribution < -0.4 is 5.73 Å². The Balaban J connectivity index is 3.15. The summed E-state index contributed by atoms with van der Waals surface area (Å²) in [5.41, 5.74) is 5.17. The molecule has 2 N–H and O–H groups in total. The van der Waals surface area contributed by atoms with Crippen molar-refractivity contribution >= 4 is 5.78 Å². The summed E-state index contributed by atoms with van der Waals surface area (Å²) >= 11 is 0. The van der Waals surface area contributed by atoms with E-state index >= 15 is 0 Å². The van der Waals surface area contributed by atoms with Gasteiger partial charge in [-0.2, -0.15) is 0 Å². The fourth-order valence-electron chi connectivity index (χ4n) is 0.674. The monoisotopic (exact) mass is 139 g/mol. The number of unbranched alkanes of at least 4 members (excludes halogenated alkanes) is 1. The minimum absolute atomic E-state index is 0.220. The molecule has 0 heterocycles. The van der Waals surface area contributed by atoms with Crippen molar-refractivity contribution in [2.75, 3.05) is 6.54 Å². The Bertz CT molecular complexity index is 135. The molecule has 0 aromatic heterocycles. The van der Waals surface area contributed by atoms with Gasteiger partial charge in [-0.05, 0) is 13.0 Å². The second-order valence-corrected chi connectivity index (χ2v) is 2.14. The molecular formula is C8H13NO. The van der Waals surface area contributed by atoms with Crippen molar-refractivity contribution in [3.8, 4) is 12.3 Å². The van der Waals surface area contributed by atoms with E-state index in [1.165, 1.54) is 0 Å². The largest absolute Gasteiger partial charge is 0.330 e. The van der Waals surface area contributed by atoms with E-state index in [1.807, 2.05) is 0 Å². The van der Waals surface area contributed by atoms with Gasteiger partial charge in [-0.15, -0.1) is 12.3 Å². The van der Waals surface area contributed by atoms with Crippen LogP contribution in [-0.2, 0) is 4.79 Å². The van der Waals surface area contributed by atoms with Gasteiger partial charge in [-0.25, -0.2) is 0 Å². The highest BCUT2D eigenvalue weighted by Crippen LogP contribution is 1.96. The SMILES string of the molecule is C#CCCCC(=O)CCN. The first kappa shape index (κ1) is 9.19. The Morgan fingerprint density at radius 2 is 2.20 bits per heavy atom. The fraction of sp³-hybridized carbons (Fsp3) is 0.625. The molecule has 0 spiro atoms. The van der Waals surface area contributed by atoms with E-state index < -0.39 is 0 Å². The summed E-state index contributed by atoms with van der Waals surface area (Å²) in [6, 6.07) is 0. The standard InChI is InChI=1S/C8H13NO/c1-2-3-4-5-8(10)6-7-9/h1H,3-7,9H2. The summed E-state index contributed by atoms with van der Waals surface area (Å²) in [5, 5.41) is 0. The third-order valence-electron chi connectivity index (χ3n) is 1.20. The van der Waals surface area contributed by atoms with Gasteiger partial charge in [0.1, 0.15) is 5.78 Å². The van der Waals surface area contributed by atoms with Gasteiger partial charge in [-0.3, -0.25) is 4.79 Å². The molecule has 0 fully saturated rings. The number of hydrogen-bond donors (Lipinski definition) is 1.